The van der Waals surface area contributed by atoms with Crippen molar-refractivity contribution in [3.05, 3.63) is 53.9 Å². The van der Waals surface area contributed by atoms with Crippen LogP contribution >= 0.6 is 0 Å². The number of nitrogen functional groups attached to an aromatic ring is 1. The summed E-state index contributed by atoms with van der Waals surface area (Å²) in [5.74, 6) is 0.594. The Kier molecular flexibility index (Phi) is 5.29. The van der Waals surface area contributed by atoms with Crippen LogP contribution in [-0.2, 0) is 6.54 Å². The number of carbonyl (C=O) groups is 1. The number of hydrogen-bond acceptors (Lipinski definition) is 5. The highest BCUT2D eigenvalue weighted by atomic mass is 16.5. The number of anilines is 1. The van der Waals surface area contributed by atoms with Crippen LogP contribution in [0.4, 0.5) is 5.69 Å². The molecule has 0 saturated heterocycles. The topological polar surface area (TPSA) is 77.2 Å². The van der Waals surface area contributed by atoms with E-state index in [1.54, 1.807) is 24.4 Å². The van der Waals surface area contributed by atoms with Crippen molar-refractivity contribution in [1.29, 1.82) is 0 Å². The third kappa shape index (κ3) is 4.29. The summed E-state index contributed by atoms with van der Waals surface area (Å²) in [5, 5.41) is 3.08. The Bertz CT molecular complexity index is 600. The van der Waals surface area contributed by atoms with E-state index >= 15 is 0 Å². The van der Waals surface area contributed by atoms with E-state index in [1.807, 2.05) is 25.1 Å². The van der Waals surface area contributed by atoms with E-state index in [1.165, 1.54) is 0 Å². The van der Waals surface area contributed by atoms with E-state index in [0.717, 1.165) is 5.69 Å². The van der Waals surface area contributed by atoms with Gasteiger partial charge in [0, 0.05) is 18.3 Å². The Morgan fingerprint density at radius 1 is 1.33 bits per heavy atom. The highest BCUT2D eigenvalue weighted by Gasteiger charge is 2.08. The summed E-state index contributed by atoms with van der Waals surface area (Å²) in [6, 6.07) is 10.8. The summed E-state index contributed by atoms with van der Waals surface area (Å²) in [6.07, 6.45) is 1.73. The molecule has 3 N–H and O–H groups in total. The molecular formula is C16H19N3O2. The number of nitrogens with one attached hydrogen (secondary N) is 1. The minimum absolute atomic E-state index is 0.0133. The van der Waals surface area contributed by atoms with E-state index in [2.05, 4.69) is 10.3 Å². The van der Waals surface area contributed by atoms with Gasteiger partial charge in [0.15, 0.2) is 5.78 Å². The van der Waals surface area contributed by atoms with Crippen molar-refractivity contribution in [1.82, 2.24) is 10.3 Å². The van der Waals surface area contributed by atoms with Gasteiger partial charge in [-0.25, -0.2) is 0 Å². The van der Waals surface area contributed by atoms with Gasteiger partial charge in [0.1, 0.15) is 5.75 Å². The molecule has 0 aliphatic carbocycles. The van der Waals surface area contributed by atoms with Crippen molar-refractivity contribution in [2.45, 2.75) is 13.5 Å². The smallest absolute Gasteiger partial charge is 0.176 e. The molecular weight excluding hydrogens is 266 g/mol. The average molecular weight is 285 g/mol. The first-order valence-electron chi connectivity index (χ1n) is 6.87. The van der Waals surface area contributed by atoms with Gasteiger partial charge in [-0.3, -0.25) is 9.78 Å². The minimum Gasteiger partial charge on any atom is -0.492 e. The lowest BCUT2D eigenvalue weighted by Gasteiger charge is -2.09. The van der Waals surface area contributed by atoms with Gasteiger partial charge >= 0.3 is 0 Å². The molecule has 1 aromatic carbocycles. The zero-order valence-corrected chi connectivity index (χ0v) is 12.0. The molecule has 0 saturated carbocycles. The van der Waals surface area contributed by atoms with Gasteiger partial charge in [-0.05, 0) is 37.3 Å². The van der Waals surface area contributed by atoms with Gasteiger partial charge in [0.25, 0.3) is 0 Å². The maximum atomic E-state index is 12.1. The number of pyridine rings is 1. The Hall–Kier alpha value is -2.40. The highest BCUT2D eigenvalue weighted by Crippen LogP contribution is 2.22. The van der Waals surface area contributed by atoms with Crippen molar-refractivity contribution < 1.29 is 9.53 Å². The van der Waals surface area contributed by atoms with Gasteiger partial charge in [-0.1, -0.05) is 6.07 Å². The molecule has 0 aliphatic rings. The fraction of sp³-hybridized carbons (Fsp3) is 0.250. The second kappa shape index (κ2) is 7.40. The van der Waals surface area contributed by atoms with Crippen molar-refractivity contribution in [3.8, 4) is 5.75 Å². The third-order valence-electron chi connectivity index (χ3n) is 2.95. The molecule has 110 valence electrons. The molecule has 0 amide bonds. The first-order valence-corrected chi connectivity index (χ1v) is 6.87. The molecule has 1 heterocycles. The molecule has 0 atom stereocenters. The first-order chi connectivity index (χ1) is 10.2. The van der Waals surface area contributed by atoms with Crippen LogP contribution in [0, 0.1) is 0 Å². The number of hydrogen-bond donors (Lipinski definition) is 2. The number of nitrogens with two attached hydrogens (primary N) is 1. The lowest BCUT2D eigenvalue weighted by molar-refractivity contribution is 0.0990. The van der Waals surface area contributed by atoms with Gasteiger partial charge in [-0.15, -0.1) is 0 Å². The number of ether oxygens (including phenoxy) is 1. The fourth-order valence-corrected chi connectivity index (χ4v) is 1.92. The van der Waals surface area contributed by atoms with Crippen LogP contribution in [0.5, 0.6) is 5.75 Å². The number of nitrogens with zero attached hydrogens (tertiary/aromatic N) is 1. The van der Waals surface area contributed by atoms with Crippen molar-refractivity contribution in [2.24, 2.45) is 0 Å². The number of ketones is 1. The highest BCUT2D eigenvalue weighted by molar-refractivity contribution is 5.98. The summed E-state index contributed by atoms with van der Waals surface area (Å²) in [6.45, 7) is 3.23. The van der Waals surface area contributed by atoms with E-state index in [0.29, 0.717) is 30.2 Å². The standard InChI is InChI=1S/C16H19N3O2/c1-2-21-16-7-6-12(9-14(16)17)15(20)11-18-10-13-5-3-4-8-19-13/h3-9,18H,2,10-11,17H2,1H3. The summed E-state index contributed by atoms with van der Waals surface area (Å²) in [4.78, 5) is 16.3. The molecule has 5 nitrogen and oxygen atoms in total. The second-order valence-corrected chi connectivity index (χ2v) is 4.53. The number of Topliss-reactive ketones (excluding diaryl/α,β-unsaturated/α-hetero) is 1. The summed E-state index contributed by atoms with van der Waals surface area (Å²) in [7, 11) is 0. The second-order valence-electron chi connectivity index (χ2n) is 4.53. The molecule has 0 spiro atoms. The van der Waals surface area contributed by atoms with Gasteiger partial charge in [0.2, 0.25) is 0 Å². The van der Waals surface area contributed by atoms with Crippen LogP contribution in [0.25, 0.3) is 0 Å². The molecule has 0 unspecified atom stereocenters. The Balaban J connectivity index is 1.90. The number of carbonyl (C=O) groups excluding carboxylic acids is 1. The molecule has 0 radical (unpaired) electrons. The summed E-state index contributed by atoms with van der Waals surface area (Å²) in [5.41, 5.74) is 7.81. The molecule has 0 aliphatic heterocycles. The Labute approximate surface area is 124 Å². The Morgan fingerprint density at radius 3 is 2.86 bits per heavy atom. The monoisotopic (exact) mass is 285 g/mol. The van der Waals surface area contributed by atoms with E-state index in [-0.39, 0.29) is 12.3 Å². The zero-order chi connectivity index (χ0) is 15.1. The van der Waals surface area contributed by atoms with Crippen molar-refractivity contribution >= 4 is 11.5 Å². The molecule has 21 heavy (non-hydrogen) atoms. The predicted octanol–water partition coefficient (Wildman–Crippen LogP) is 2.03. The number of benzene rings is 1. The van der Waals surface area contributed by atoms with Gasteiger partial charge < -0.3 is 15.8 Å². The van der Waals surface area contributed by atoms with Crippen LogP contribution in [0.3, 0.4) is 0 Å². The molecule has 0 bridgehead atoms. The molecule has 5 heteroatoms. The van der Waals surface area contributed by atoms with Crippen LogP contribution in [-0.4, -0.2) is 23.9 Å². The maximum Gasteiger partial charge on any atom is 0.176 e. The largest absolute Gasteiger partial charge is 0.492 e. The number of rotatable bonds is 7. The van der Waals surface area contributed by atoms with E-state index in [4.69, 9.17) is 10.5 Å². The van der Waals surface area contributed by atoms with Gasteiger partial charge in [0.05, 0.1) is 24.5 Å². The zero-order valence-electron chi connectivity index (χ0n) is 12.0. The lowest BCUT2D eigenvalue weighted by atomic mass is 10.1. The van der Waals surface area contributed by atoms with Crippen LogP contribution in [0.1, 0.15) is 23.0 Å². The maximum absolute atomic E-state index is 12.1. The van der Waals surface area contributed by atoms with Crippen LogP contribution < -0.4 is 15.8 Å². The normalized spacial score (nSPS) is 10.3. The van der Waals surface area contributed by atoms with Crippen molar-refractivity contribution in [3.63, 3.8) is 0 Å². The van der Waals surface area contributed by atoms with Crippen LogP contribution in [0.15, 0.2) is 42.6 Å². The Morgan fingerprint density at radius 2 is 2.19 bits per heavy atom. The quantitative estimate of drug-likeness (QED) is 0.601. The lowest BCUT2D eigenvalue weighted by Crippen LogP contribution is -2.23. The number of aromatic nitrogens is 1. The SMILES string of the molecule is CCOc1ccc(C(=O)CNCc2ccccn2)cc1N. The molecule has 2 aromatic rings. The average Bonchev–Trinajstić information content (AvgIpc) is 2.50. The predicted molar refractivity (Wildman–Crippen MR) is 82.3 cm³/mol. The van der Waals surface area contributed by atoms with Crippen LogP contribution in [0.2, 0.25) is 0 Å². The van der Waals surface area contributed by atoms with Gasteiger partial charge in [-0.2, -0.15) is 0 Å². The molecule has 0 fully saturated rings. The first kappa shape index (κ1) is 15.0. The summed E-state index contributed by atoms with van der Waals surface area (Å²) >= 11 is 0. The van der Waals surface area contributed by atoms with E-state index in [9.17, 15) is 4.79 Å². The third-order valence-corrected chi connectivity index (χ3v) is 2.95. The fourth-order valence-electron chi connectivity index (χ4n) is 1.92. The minimum atomic E-state index is -0.0133. The molecule has 2 rings (SSSR count). The summed E-state index contributed by atoms with van der Waals surface area (Å²) < 4.78 is 5.35. The molecule has 1 aromatic heterocycles. The van der Waals surface area contributed by atoms with E-state index < -0.39 is 0 Å². The van der Waals surface area contributed by atoms with Crippen molar-refractivity contribution in [2.75, 3.05) is 18.9 Å².